The van der Waals surface area contributed by atoms with E-state index in [2.05, 4.69) is 26.0 Å². The van der Waals surface area contributed by atoms with E-state index in [9.17, 15) is 0 Å². The summed E-state index contributed by atoms with van der Waals surface area (Å²) < 4.78 is 11.8. The van der Waals surface area contributed by atoms with E-state index in [1.54, 1.807) is 0 Å². The quantitative estimate of drug-likeness (QED) is 0.549. The topological polar surface area (TPSA) is 18.5 Å². The third kappa shape index (κ3) is 3.62. The second-order valence-corrected chi connectivity index (χ2v) is 5.92. The van der Waals surface area contributed by atoms with Gasteiger partial charge in [-0.15, -0.1) is 11.6 Å². The maximum Gasteiger partial charge on any atom is 0.190 e. The van der Waals surface area contributed by atoms with Gasteiger partial charge in [0.15, 0.2) is 5.79 Å². The van der Waals surface area contributed by atoms with Gasteiger partial charge >= 0.3 is 0 Å². The Morgan fingerprint density at radius 2 is 2.21 bits per heavy atom. The Hall–Kier alpha value is -0.310. The van der Waals surface area contributed by atoms with Crippen molar-refractivity contribution in [2.75, 3.05) is 19.1 Å². The first-order valence-electron chi connectivity index (χ1n) is 7.38. The van der Waals surface area contributed by atoms with Crippen LogP contribution in [0.3, 0.4) is 0 Å². The molecule has 19 heavy (non-hydrogen) atoms. The molecule has 0 aromatic rings. The number of ether oxygens (including phenoxy) is 2. The Morgan fingerprint density at radius 3 is 2.89 bits per heavy atom. The van der Waals surface area contributed by atoms with Crippen molar-refractivity contribution in [1.29, 1.82) is 0 Å². The fraction of sp³-hybridized carbons (Fsp3) is 0.750. The summed E-state index contributed by atoms with van der Waals surface area (Å²) in [6, 6.07) is 0. The molecule has 108 valence electrons. The minimum atomic E-state index is -0.373. The van der Waals surface area contributed by atoms with Gasteiger partial charge in [-0.25, -0.2) is 0 Å². The third-order valence-electron chi connectivity index (χ3n) is 4.37. The Bertz CT molecular complexity index is 354. The van der Waals surface area contributed by atoms with Crippen molar-refractivity contribution >= 4 is 11.6 Å². The van der Waals surface area contributed by atoms with Crippen molar-refractivity contribution in [2.24, 2.45) is 5.92 Å². The van der Waals surface area contributed by atoms with Gasteiger partial charge in [-0.3, -0.25) is 0 Å². The fourth-order valence-electron chi connectivity index (χ4n) is 2.93. The molecule has 2 nitrogen and oxygen atoms in total. The zero-order valence-corrected chi connectivity index (χ0v) is 12.8. The Morgan fingerprint density at radius 1 is 1.47 bits per heavy atom. The van der Waals surface area contributed by atoms with Crippen molar-refractivity contribution < 1.29 is 9.47 Å². The zero-order chi connectivity index (χ0) is 13.7. The molecule has 1 unspecified atom stereocenters. The molecule has 2 rings (SSSR count). The summed E-state index contributed by atoms with van der Waals surface area (Å²) in [6.45, 7) is 5.90. The smallest absolute Gasteiger partial charge is 0.190 e. The van der Waals surface area contributed by atoms with E-state index in [4.69, 9.17) is 21.1 Å². The van der Waals surface area contributed by atoms with E-state index in [0.29, 0.717) is 11.8 Å². The summed E-state index contributed by atoms with van der Waals surface area (Å²) >= 11 is 5.76. The van der Waals surface area contributed by atoms with Crippen LogP contribution < -0.4 is 0 Å². The van der Waals surface area contributed by atoms with E-state index >= 15 is 0 Å². The fourth-order valence-corrected chi connectivity index (χ4v) is 3.17. The van der Waals surface area contributed by atoms with Crippen LogP contribution in [0, 0.1) is 5.92 Å². The maximum absolute atomic E-state index is 5.91. The lowest BCUT2D eigenvalue weighted by Crippen LogP contribution is -2.34. The molecular formula is C16H25ClO2. The SMILES string of the molecule is C/C(=C/CCl)C(C)CCC1=CCCCC12OCCO2. The summed E-state index contributed by atoms with van der Waals surface area (Å²) in [5.74, 6) is 0.803. The van der Waals surface area contributed by atoms with Crippen LogP contribution in [0.4, 0.5) is 0 Å². The molecule has 0 N–H and O–H groups in total. The number of rotatable bonds is 5. The van der Waals surface area contributed by atoms with Crippen LogP contribution in [-0.2, 0) is 9.47 Å². The molecule has 1 aliphatic carbocycles. The molecule has 1 aliphatic heterocycles. The van der Waals surface area contributed by atoms with Crippen LogP contribution in [-0.4, -0.2) is 24.9 Å². The molecular weight excluding hydrogens is 260 g/mol. The molecule has 1 fully saturated rings. The summed E-state index contributed by atoms with van der Waals surface area (Å²) in [4.78, 5) is 0. The first-order chi connectivity index (χ1) is 9.18. The van der Waals surface area contributed by atoms with Crippen molar-refractivity contribution in [3.63, 3.8) is 0 Å². The minimum Gasteiger partial charge on any atom is -0.344 e. The average molecular weight is 285 g/mol. The molecule has 0 bridgehead atoms. The highest BCUT2D eigenvalue weighted by Crippen LogP contribution is 2.39. The number of allylic oxidation sites excluding steroid dienone is 3. The van der Waals surface area contributed by atoms with Gasteiger partial charge in [0.05, 0.1) is 13.2 Å². The van der Waals surface area contributed by atoms with Gasteiger partial charge in [0.1, 0.15) is 0 Å². The van der Waals surface area contributed by atoms with Gasteiger partial charge < -0.3 is 9.47 Å². The Balaban J connectivity index is 1.94. The van der Waals surface area contributed by atoms with Gasteiger partial charge in [-0.05, 0) is 44.1 Å². The first kappa shape index (κ1) is 15.1. The van der Waals surface area contributed by atoms with Crippen molar-refractivity contribution in [3.8, 4) is 0 Å². The largest absolute Gasteiger partial charge is 0.344 e. The Labute approximate surface area is 121 Å². The van der Waals surface area contributed by atoms with Crippen molar-refractivity contribution in [1.82, 2.24) is 0 Å². The number of hydrogen-bond acceptors (Lipinski definition) is 2. The second kappa shape index (κ2) is 6.92. The van der Waals surface area contributed by atoms with Crippen LogP contribution in [0.1, 0.15) is 46.0 Å². The lowest BCUT2D eigenvalue weighted by atomic mass is 9.86. The highest BCUT2D eigenvalue weighted by molar-refractivity contribution is 6.18. The summed E-state index contributed by atoms with van der Waals surface area (Å²) in [7, 11) is 0. The first-order valence-corrected chi connectivity index (χ1v) is 7.91. The normalized spacial score (nSPS) is 24.6. The molecule has 1 saturated heterocycles. The van der Waals surface area contributed by atoms with Crippen LogP contribution in [0.15, 0.2) is 23.3 Å². The average Bonchev–Trinajstić information content (AvgIpc) is 2.87. The number of alkyl halides is 1. The second-order valence-electron chi connectivity index (χ2n) is 5.61. The van der Waals surface area contributed by atoms with Gasteiger partial charge in [0, 0.05) is 12.3 Å². The highest BCUT2D eigenvalue weighted by Gasteiger charge is 2.40. The van der Waals surface area contributed by atoms with Crippen LogP contribution in [0.25, 0.3) is 0 Å². The Kier molecular flexibility index (Phi) is 5.49. The monoisotopic (exact) mass is 284 g/mol. The molecule has 0 aromatic carbocycles. The van der Waals surface area contributed by atoms with Crippen molar-refractivity contribution in [3.05, 3.63) is 23.3 Å². The summed E-state index contributed by atoms with van der Waals surface area (Å²) in [6.07, 6.45) is 10.00. The van der Waals surface area contributed by atoms with E-state index < -0.39 is 0 Å². The zero-order valence-electron chi connectivity index (χ0n) is 12.1. The lowest BCUT2D eigenvalue weighted by molar-refractivity contribution is -0.136. The van der Waals surface area contributed by atoms with Crippen LogP contribution in [0.5, 0.6) is 0 Å². The van der Waals surface area contributed by atoms with E-state index in [1.807, 2.05) is 0 Å². The maximum atomic E-state index is 5.91. The van der Waals surface area contributed by atoms with Crippen LogP contribution >= 0.6 is 11.6 Å². The third-order valence-corrected chi connectivity index (χ3v) is 4.52. The predicted octanol–water partition coefficient (Wildman–Crippen LogP) is 4.44. The number of halogens is 1. The van der Waals surface area contributed by atoms with Gasteiger partial charge in [-0.2, -0.15) is 0 Å². The van der Waals surface area contributed by atoms with Crippen LogP contribution in [0.2, 0.25) is 0 Å². The molecule has 2 aliphatic rings. The van der Waals surface area contributed by atoms with E-state index in [-0.39, 0.29) is 5.79 Å². The van der Waals surface area contributed by atoms with Gasteiger partial charge in [0.25, 0.3) is 0 Å². The van der Waals surface area contributed by atoms with E-state index in [1.165, 1.54) is 17.6 Å². The molecule has 0 radical (unpaired) electrons. The van der Waals surface area contributed by atoms with E-state index in [0.717, 1.165) is 38.9 Å². The predicted molar refractivity (Wildman–Crippen MR) is 79.4 cm³/mol. The molecule has 0 amide bonds. The molecule has 0 saturated carbocycles. The lowest BCUT2D eigenvalue weighted by Gasteiger charge is -2.34. The highest BCUT2D eigenvalue weighted by atomic mass is 35.5. The molecule has 1 heterocycles. The minimum absolute atomic E-state index is 0.373. The van der Waals surface area contributed by atoms with Gasteiger partial charge in [-0.1, -0.05) is 24.6 Å². The summed E-state index contributed by atoms with van der Waals surface area (Å²) in [5.41, 5.74) is 2.75. The molecule has 1 atom stereocenters. The van der Waals surface area contributed by atoms with Crippen molar-refractivity contribution in [2.45, 2.75) is 51.7 Å². The summed E-state index contributed by atoms with van der Waals surface area (Å²) in [5, 5.41) is 0. The standard InChI is InChI=1S/C16H25ClO2/c1-13(14(2)8-10-17)6-7-15-5-3-4-9-16(15)18-11-12-19-16/h5,8,13H,3-4,6-7,9-12H2,1-2H3/b14-8-. The molecule has 0 aromatic heterocycles. The number of hydrogen-bond donors (Lipinski definition) is 0. The molecule has 3 heteroatoms. The molecule has 1 spiro atoms. The van der Waals surface area contributed by atoms with Gasteiger partial charge in [0.2, 0.25) is 0 Å².